The van der Waals surface area contributed by atoms with Gasteiger partial charge >= 0.3 is 0 Å². The lowest BCUT2D eigenvalue weighted by Gasteiger charge is -1.86. The third-order valence-corrected chi connectivity index (χ3v) is 3.40. The number of thioether (sulfide) groups is 1. The zero-order valence-corrected chi connectivity index (χ0v) is 7.50. The number of hydrogen-bond donors (Lipinski definition) is 0. The molecule has 1 aromatic rings. The zero-order chi connectivity index (χ0) is 8.27. The molecule has 0 atom stereocenters. The zero-order valence-electron chi connectivity index (χ0n) is 5.87. The van der Waals surface area contributed by atoms with Crippen molar-refractivity contribution in [2.24, 2.45) is 0 Å². The molecule has 1 aromatic heterocycles. The topological polar surface area (TPSA) is 34.1 Å². The smallest absolute Gasteiger partial charge is 0.160 e. The Kier molecular flexibility index (Phi) is 2.84. The van der Waals surface area contributed by atoms with Gasteiger partial charge in [-0.1, -0.05) is 0 Å². The highest BCUT2D eigenvalue weighted by molar-refractivity contribution is 8.00. The van der Waals surface area contributed by atoms with Crippen molar-refractivity contribution < 1.29 is 9.59 Å². The van der Waals surface area contributed by atoms with Crippen molar-refractivity contribution in [2.45, 2.75) is 4.21 Å². The molecule has 11 heavy (non-hydrogen) atoms. The molecule has 0 fully saturated rings. The van der Waals surface area contributed by atoms with E-state index in [1.807, 2.05) is 6.26 Å². The van der Waals surface area contributed by atoms with Crippen molar-refractivity contribution in [3.8, 4) is 0 Å². The van der Waals surface area contributed by atoms with E-state index < -0.39 is 0 Å². The molecule has 0 saturated carbocycles. The Morgan fingerprint density at radius 3 is 2.55 bits per heavy atom. The van der Waals surface area contributed by atoms with Gasteiger partial charge in [-0.05, 0) is 12.3 Å². The number of rotatable bonds is 3. The second kappa shape index (κ2) is 3.69. The second-order valence-corrected chi connectivity index (χ2v) is 3.99. The first-order valence-corrected chi connectivity index (χ1v) is 4.94. The van der Waals surface area contributed by atoms with Gasteiger partial charge < -0.3 is 0 Å². The molecule has 0 amide bonds. The highest BCUT2D eigenvalue weighted by Crippen LogP contribution is 2.28. The predicted molar refractivity (Wildman–Crippen MR) is 46.9 cm³/mol. The molecule has 0 aliphatic rings. The molecule has 0 radical (unpaired) electrons. The highest BCUT2D eigenvalue weighted by atomic mass is 32.2. The van der Waals surface area contributed by atoms with Crippen LogP contribution in [-0.2, 0) is 0 Å². The molecule has 0 unspecified atom stereocenters. The summed E-state index contributed by atoms with van der Waals surface area (Å²) >= 11 is 2.83. The molecule has 2 nitrogen and oxygen atoms in total. The van der Waals surface area contributed by atoms with Crippen molar-refractivity contribution in [1.82, 2.24) is 0 Å². The van der Waals surface area contributed by atoms with Crippen LogP contribution in [0.25, 0.3) is 0 Å². The van der Waals surface area contributed by atoms with E-state index in [0.29, 0.717) is 10.4 Å². The van der Waals surface area contributed by atoms with Gasteiger partial charge in [-0.25, -0.2) is 0 Å². The third-order valence-electron chi connectivity index (χ3n) is 1.17. The first-order valence-electron chi connectivity index (χ1n) is 2.90. The first-order chi connectivity index (χ1) is 5.31. The minimum absolute atomic E-state index is 0.608. The van der Waals surface area contributed by atoms with Gasteiger partial charge in [0.15, 0.2) is 12.6 Å². The maximum absolute atomic E-state index is 10.4. The van der Waals surface area contributed by atoms with Crippen LogP contribution in [0.4, 0.5) is 0 Å². The van der Waals surface area contributed by atoms with E-state index in [1.165, 1.54) is 23.1 Å². The third kappa shape index (κ3) is 1.70. The molecule has 0 aliphatic carbocycles. The Hall–Kier alpha value is -0.610. The van der Waals surface area contributed by atoms with Crippen LogP contribution in [-0.4, -0.2) is 18.8 Å². The summed E-state index contributed by atoms with van der Waals surface area (Å²) in [5.41, 5.74) is 0.615. The maximum atomic E-state index is 10.4. The molecule has 0 bridgehead atoms. The SMILES string of the molecule is CSc1sc(C=O)cc1C=O. The van der Waals surface area contributed by atoms with Crippen LogP contribution < -0.4 is 0 Å². The Bertz CT molecular complexity index is 278. The minimum atomic E-state index is 0.608. The number of aldehydes is 2. The summed E-state index contributed by atoms with van der Waals surface area (Å²) in [6.45, 7) is 0. The lowest BCUT2D eigenvalue weighted by molar-refractivity contribution is 0.112. The Morgan fingerprint density at radius 1 is 1.45 bits per heavy atom. The molecular formula is C7H6O2S2. The summed E-state index contributed by atoms with van der Waals surface area (Å²) in [7, 11) is 0. The molecule has 0 N–H and O–H groups in total. The first kappa shape index (κ1) is 8.49. The van der Waals surface area contributed by atoms with Gasteiger partial charge in [0, 0.05) is 5.56 Å². The minimum Gasteiger partial charge on any atom is -0.298 e. The summed E-state index contributed by atoms with van der Waals surface area (Å²) in [6, 6.07) is 1.61. The van der Waals surface area contributed by atoms with E-state index in [9.17, 15) is 9.59 Å². The molecule has 1 rings (SSSR count). The van der Waals surface area contributed by atoms with Crippen LogP contribution in [0.1, 0.15) is 20.0 Å². The van der Waals surface area contributed by atoms with Gasteiger partial charge in [-0.3, -0.25) is 9.59 Å². The van der Waals surface area contributed by atoms with Crippen LogP contribution >= 0.6 is 23.1 Å². The maximum Gasteiger partial charge on any atom is 0.160 e. The van der Waals surface area contributed by atoms with Gasteiger partial charge in [-0.2, -0.15) is 0 Å². The lowest BCUT2D eigenvalue weighted by Crippen LogP contribution is -1.74. The van der Waals surface area contributed by atoms with Crippen molar-refractivity contribution in [1.29, 1.82) is 0 Å². The van der Waals surface area contributed by atoms with Crippen LogP contribution in [0, 0.1) is 0 Å². The van der Waals surface area contributed by atoms with Crippen molar-refractivity contribution in [3.05, 3.63) is 16.5 Å². The van der Waals surface area contributed by atoms with Gasteiger partial charge in [0.05, 0.1) is 9.09 Å². The fourth-order valence-corrected chi connectivity index (χ4v) is 2.35. The summed E-state index contributed by atoms with van der Waals surface area (Å²) in [5.74, 6) is 0. The molecule has 4 heteroatoms. The van der Waals surface area contributed by atoms with E-state index >= 15 is 0 Å². The molecule has 58 valence electrons. The summed E-state index contributed by atoms with van der Waals surface area (Å²) < 4.78 is 0.905. The molecule has 0 spiro atoms. The van der Waals surface area contributed by atoms with E-state index in [0.717, 1.165) is 16.8 Å². The molecule has 0 aliphatic heterocycles. The average molecular weight is 186 g/mol. The Balaban J connectivity index is 3.11. The van der Waals surface area contributed by atoms with Crippen LogP contribution in [0.5, 0.6) is 0 Å². The van der Waals surface area contributed by atoms with Gasteiger partial charge in [0.1, 0.15) is 0 Å². The van der Waals surface area contributed by atoms with Crippen LogP contribution in [0.15, 0.2) is 10.3 Å². The van der Waals surface area contributed by atoms with Crippen molar-refractivity contribution >= 4 is 35.7 Å². The van der Waals surface area contributed by atoms with Gasteiger partial charge in [0.2, 0.25) is 0 Å². The molecule has 1 heterocycles. The standard InChI is InChI=1S/C7H6O2S2/c1-10-7-5(3-8)2-6(4-9)11-7/h2-4H,1H3. The molecule has 0 aromatic carbocycles. The Morgan fingerprint density at radius 2 is 2.18 bits per heavy atom. The van der Waals surface area contributed by atoms with Crippen LogP contribution in [0.3, 0.4) is 0 Å². The van der Waals surface area contributed by atoms with Crippen molar-refractivity contribution in [3.63, 3.8) is 0 Å². The number of carbonyl (C=O) groups excluding carboxylic acids is 2. The fourth-order valence-electron chi connectivity index (χ4n) is 0.707. The van der Waals surface area contributed by atoms with E-state index in [1.54, 1.807) is 6.07 Å². The average Bonchev–Trinajstić information content (AvgIpc) is 2.46. The Labute approximate surface area is 72.6 Å². The number of thiophene rings is 1. The summed E-state index contributed by atoms with van der Waals surface area (Å²) in [5, 5.41) is 0. The largest absolute Gasteiger partial charge is 0.298 e. The second-order valence-electron chi connectivity index (χ2n) is 1.83. The quantitative estimate of drug-likeness (QED) is 0.535. The van der Waals surface area contributed by atoms with Gasteiger partial charge in [-0.15, -0.1) is 23.1 Å². The number of carbonyl (C=O) groups is 2. The highest BCUT2D eigenvalue weighted by Gasteiger charge is 2.05. The van der Waals surface area contributed by atoms with E-state index in [-0.39, 0.29) is 0 Å². The molecular weight excluding hydrogens is 180 g/mol. The van der Waals surface area contributed by atoms with Crippen molar-refractivity contribution in [2.75, 3.05) is 6.26 Å². The molecule has 0 saturated heterocycles. The number of hydrogen-bond acceptors (Lipinski definition) is 4. The lowest BCUT2D eigenvalue weighted by atomic mass is 10.3. The monoisotopic (exact) mass is 186 g/mol. The van der Waals surface area contributed by atoms with E-state index in [4.69, 9.17) is 0 Å². The van der Waals surface area contributed by atoms with Crippen LogP contribution in [0.2, 0.25) is 0 Å². The fraction of sp³-hybridized carbons (Fsp3) is 0.143. The van der Waals surface area contributed by atoms with Gasteiger partial charge in [0.25, 0.3) is 0 Å². The summed E-state index contributed by atoms with van der Waals surface area (Å²) in [4.78, 5) is 21.3. The normalized spacial score (nSPS) is 9.55. The summed E-state index contributed by atoms with van der Waals surface area (Å²) in [6.07, 6.45) is 3.42. The predicted octanol–water partition coefficient (Wildman–Crippen LogP) is 2.09. The van der Waals surface area contributed by atoms with E-state index in [2.05, 4.69) is 0 Å².